The molecule has 2 aromatic rings. The van der Waals surface area contributed by atoms with E-state index in [4.69, 9.17) is 27.9 Å². The molecule has 0 aliphatic carbocycles. The van der Waals surface area contributed by atoms with Gasteiger partial charge in [-0.1, -0.05) is 29.3 Å². The van der Waals surface area contributed by atoms with E-state index in [0.29, 0.717) is 21.4 Å². The molecule has 0 saturated heterocycles. The summed E-state index contributed by atoms with van der Waals surface area (Å²) in [5, 5.41) is 11.5. The van der Waals surface area contributed by atoms with Gasteiger partial charge in [0.15, 0.2) is 0 Å². The van der Waals surface area contributed by atoms with Crippen molar-refractivity contribution in [2.45, 2.75) is 6.10 Å². The van der Waals surface area contributed by atoms with E-state index in [-0.39, 0.29) is 0 Å². The number of benzene rings is 2. The Hall–Kier alpha value is -0.490. The van der Waals surface area contributed by atoms with Crippen LogP contribution in [-0.4, -0.2) is 12.2 Å². The fourth-order valence-electron chi connectivity index (χ4n) is 1.75. The lowest BCUT2D eigenvalue weighted by molar-refractivity contribution is 0.219. The highest BCUT2D eigenvalue weighted by atomic mass is 127. The second-order valence-corrected chi connectivity index (χ2v) is 5.96. The summed E-state index contributed by atoms with van der Waals surface area (Å²) >= 11 is 14.3. The quantitative estimate of drug-likeness (QED) is 0.746. The van der Waals surface area contributed by atoms with E-state index in [1.54, 1.807) is 37.4 Å². The first-order valence-electron chi connectivity index (χ1n) is 5.49. The van der Waals surface area contributed by atoms with Crippen LogP contribution in [0, 0.1) is 3.57 Å². The van der Waals surface area contributed by atoms with Gasteiger partial charge in [-0.15, -0.1) is 0 Å². The zero-order valence-electron chi connectivity index (χ0n) is 10.0. The molecular weight excluding hydrogens is 398 g/mol. The van der Waals surface area contributed by atoms with Gasteiger partial charge in [0.2, 0.25) is 0 Å². The van der Waals surface area contributed by atoms with E-state index in [1.165, 1.54) is 0 Å². The van der Waals surface area contributed by atoms with Crippen LogP contribution >= 0.6 is 45.8 Å². The van der Waals surface area contributed by atoms with E-state index >= 15 is 0 Å². The fourth-order valence-corrected chi connectivity index (χ4v) is 2.83. The Bertz CT molecular complexity index is 602. The van der Waals surface area contributed by atoms with Crippen molar-refractivity contribution in [3.63, 3.8) is 0 Å². The number of rotatable bonds is 3. The van der Waals surface area contributed by atoms with Crippen molar-refractivity contribution < 1.29 is 9.84 Å². The Morgan fingerprint density at radius 2 is 1.84 bits per heavy atom. The van der Waals surface area contributed by atoms with Gasteiger partial charge in [-0.05, 0) is 58.5 Å². The van der Waals surface area contributed by atoms with E-state index in [1.807, 2.05) is 6.07 Å². The number of hydrogen-bond donors (Lipinski definition) is 1. The van der Waals surface area contributed by atoms with E-state index in [9.17, 15) is 5.11 Å². The summed E-state index contributed by atoms with van der Waals surface area (Å²) in [6.45, 7) is 0. The molecule has 1 unspecified atom stereocenters. The number of halogens is 3. The molecule has 2 nitrogen and oxygen atoms in total. The van der Waals surface area contributed by atoms with Crippen molar-refractivity contribution in [2.24, 2.45) is 0 Å². The van der Waals surface area contributed by atoms with Crippen molar-refractivity contribution in [1.82, 2.24) is 0 Å². The summed E-state index contributed by atoms with van der Waals surface area (Å²) in [7, 11) is 1.57. The molecule has 2 aromatic carbocycles. The molecule has 0 aromatic heterocycles. The number of aliphatic hydroxyl groups is 1. The van der Waals surface area contributed by atoms with Gasteiger partial charge in [0.1, 0.15) is 11.9 Å². The van der Waals surface area contributed by atoms with E-state index in [0.717, 1.165) is 9.13 Å². The first kappa shape index (κ1) is 14.9. The SMILES string of the molecule is COc1ccc(C(O)c2cc(Cl)ccc2I)c(Cl)c1. The van der Waals surface area contributed by atoms with Crippen molar-refractivity contribution in [1.29, 1.82) is 0 Å². The monoisotopic (exact) mass is 408 g/mol. The highest BCUT2D eigenvalue weighted by Crippen LogP contribution is 2.34. The average molecular weight is 409 g/mol. The van der Waals surface area contributed by atoms with Gasteiger partial charge in [-0.25, -0.2) is 0 Å². The van der Waals surface area contributed by atoms with Crippen molar-refractivity contribution in [3.05, 3.63) is 61.1 Å². The Morgan fingerprint density at radius 1 is 1.11 bits per heavy atom. The van der Waals surface area contributed by atoms with Crippen LogP contribution in [-0.2, 0) is 0 Å². The van der Waals surface area contributed by atoms with E-state index < -0.39 is 6.10 Å². The summed E-state index contributed by atoms with van der Waals surface area (Å²) in [5.74, 6) is 0.654. The molecule has 1 atom stereocenters. The average Bonchev–Trinajstić information content (AvgIpc) is 2.40. The summed E-state index contributed by atoms with van der Waals surface area (Å²) in [5.41, 5.74) is 1.36. The lowest BCUT2D eigenvalue weighted by Gasteiger charge is -2.16. The van der Waals surface area contributed by atoms with Crippen LogP contribution < -0.4 is 4.74 Å². The molecule has 1 N–H and O–H groups in total. The number of hydrogen-bond acceptors (Lipinski definition) is 2. The van der Waals surface area contributed by atoms with E-state index in [2.05, 4.69) is 22.6 Å². The molecule has 0 saturated carbocycles. The summed E-state index contributed by atoms with van der Waals surface area (Å²) in [6, 6.07) is 10.6. The van der Waals surface area contributed by atoms with Crippen molar-refractivity contribution in [3.8, 4) is 5.75 Å². The smallest absolute Gasteiger partial charge is 0.120 e. The van der Waals surface area contributed by atoms with Gasteiger partial charge in [0, 0.05) is 14.2 Å². The topological polar surface area (TPSA) is 29.5 Å². The van der Waals surface area contributed by atoms with Gasteiger partial charge < -0.3 is 9.84 Å². The highest BCUT2D eigenvalue weighted by Gasteiger charge is 2.17. The van der Waals surface area contributed by atoms with Crippen LogP contribution in [0.5, 0.6) is 5.75 Å². The Morgan fingerprint density at radius 3 is 2.47 bits per heavy atom. The third-order valence-electron chi connectivity index (χ3n) is 2.75. The third-order valence-corrected chi connectivity index (χ3v) is 4.30. The van der Waals surface area contributed by atoms with Gasteiger partial charge in [-0.2, -0.15) is 0 Å². The Balaban J connectivity index is 2.43. The highest BCUT2D eigenvalue weighted by molar-refractivity contribution is 14.1. The molecule has 0 heterocycles. The predicted molar refractivity (Wildman–Crippen MR) is 86.2 cm³/mol. The minimum absolute atomic E-state index is 0.461. The molecule has 5 heteroatoms. The molecule has 0 amide bonds. The fraction of sp³-hybridized carbons (Fsp3) is 0.143. The molecule has 0 aliphatic rings. The first-order chi connectivity index (χ1) is 9.02. The maximum absolute atomic E-state index is 10.5. The third kappa shape index (κ3) is 3.34. The molecule has 0 spiro atoms. The number of methoxy groups -OCH3 is 1. The maximum atomic E-state index is 10.5. The van der Waals surface area contributed by atoms with Gasteiger partial charge in [0.05, 0.1) is 12.1 Å². The summed E-state index contributed by atoms with van der Waals surface area (Å²) < 4.78 is 6.02. The molecule has 0 fully saturated rings. The second-order valence-electron chi connectivity index (χ2n) is 3.96. The van der Waals surface area contributed by atoms with Crippen molar-refractivity contribution >= 4 is 45.8 Å². The van der Waals surface area contributed by atoms with Crippen LogP contribution in [0.1, 0.15) is 17.2 Å². The molecule has 100 valence electrons. The van der Waals surface area contributed by atoms with Crippen LogP contribution in [0.2, 0.25) is 10.0 Å². The standard InChI is InChI=1S/C14H11Cl2IO2/c1-19-9-3-4-10(12(16)7-9)14(18)11-6-8(15)2-5-13(11)17/h2-7,14,18H,1H3. The van der Waals surface area contributed by atoms with Gasteiger partial charge in [-0.3, -0.25) is 0 Å². The normalized spacial score (nSPS) is 12.3. The molecular formula is C14H11Cl2IO2. The molecule has 2 rings (SSSR count). The Labute approximate surface area is 135 Å². The van der Waals surface area contributed by atoms with Crippen molar-refractivity contribution in [2.75, 3.05) is 7.11 Å². The molecule has 0 radical (unpaired) electrons. The minimum atomic E-state index is -0.816. The zero-order valence-corrected chi connectivity index (χ0v) is 13.7. The lowest BCUT2D eigenvalue weighted by atomic mass is 10.0. The largest absolute Gasteiger partial charge is 0.497 e. The molecule has 0 bridgehead atoms. The van der Waals surface area contributed by atoms with Crippen LogP contribution in [0.4, 0.5) is 0 Å². The van der Waals surface area contributed by atoms with Gasteiger partial charge in [0.25, 0.3) is 0 Å². The van der Waals surface area contributed by atoms with Gasteiger partial charge >= 0.3 is 0 Å². The maximum Gasteiger partial charge on any atom is 0.120 e. The summed E-state index contributed by atoms with van der Waals surface area (Å²) in [6.07, 6.45) is -0.816. The second kappa shape index (κ2) is 6.31. The first-order valence-corrected chi connectivity index (χ1v) is 7.33. The van der Waals surface area contributed by atoms with Crippen LogP contribution in [0.15, 0.2) is 36.4 Å². The molecule has 19 heavy (non-hydrogen) atoms. The minimum Gasteiger partial charge on any atom is -0.497 e. The van der Waals surface area contributed by atoms with Crippen LogP contribution in [0.3, 0.4) is 0 Å². The van der Waals surface area contributed by atoms with Crippen LogP contribution in [0.25, 0.3) is 0 Å². The number of aliphatic hydroxyl groups excluding tert-OH is 1. The zero-order chi connectivity index (χ0) is 14.0. The Kier molecular flexibility index (Phi) is 4.95. The summed E-state index contributed by atoms with van der Waals surface area (Å²) in [4.78, 5) is 0. The number of ether oxygens (including phenoxy) is 1. The predicted octanol–water partition coefficient (Wildman–Crippen LogP) is 4.69. The lowest BCUT2D eigenvalue weighted by Crippen LogP contribution is -2.03. The molecule has 0 aliphatic heterocycles.